The van der Waals surface area contributed by atoms with E-state index in [-0.39, 0.29) is 17.5 Å². The normalized spacial score (nSPS) is 10.7. The molecule has 0 fully saturated rings. The van der Waals surface area contributed by atoms with Crippen LogP contribution in [-0.4, -0.2) is 16.6 Å². The molecule has 3 aromatic rings. The van der Waals surface area contributed by atoms with Crippen molar-refractivity contribution in [3.05, 3.63) is 59.6 Å². The van der Waals surface area contributed by atoms with Crippen molar-refractivity contribution in [2.75, 3.05) is 5.75 Å². The Morgan fingerprint density at radius 3 is 2.87 bits per heavy atom. The van der Waals surface area contributed by atoms with Gasteiger partial charge in [-0.3, -0.25) is 4.79 Å². The van der Waals surface area contributed by atoms with Gasteiger partial charge in [0.05, 0.1) is 24.3 Å². The van der Waals surface area contributed by atoms with Gasteiger partial charge in [-0.1, -0.05) is 11.8 Å². The lowest BCUT2D eigenvalue weighted by Crippen LogP contribution is -2.24. The highest BCUT2D eigenvalue weighted by atomic mass is 32.2. The van der Waals surface area contributed by atoms with Crippen molar-refractivity contribution in [1.29, 1.82) is 0 Å². The van der Waals surface area contributed by atoms with Gasteiger partial charge >= 0.3 is 0 Å². The summed E-state index contributed by atoms with van der Waals surface area (Å²) in [5, 5.41) is 4.68. The minimum Gasteiger partial charge on any atom is -0.467 e. The number of rotatable bonds is 6. The molecule has 0 spiro atoms. The second-order valence-electron chi connectivity index (χ2n) is 4.65. The maximum atomic E-state index is 12.9. The predicted octanol–water partition coefficient (Wildman–Crippen LogP) is 3.95. The van der Waals surface area contributed by atoms with E-state index in [2.05, 4.69) is 10.3 Å². The Bertz CT molecular complexity index is 770. The van der Waals surface area contributed by atoms with Gasteiger partial charge in [-0.15, -0.1) is 11.3 Å². The summed E-state index contributed by atoms with van der Waals surface area (Å²) in [5.41, 5.74) is 1.64. The maximum Gasteiger partial charge on any atom is 0.230 e. The van der Waals surface area contributed by atoms with Gasteiger partial charge in [0.15, 0.2) is 4.34 Å². The number of thiazole rings is 1. The summed E-state index contributed by atoms with van der Waals surface area (Å²) in [6.45, 7) is 0.380. The lowest BCUT2D eigenvalue weighted by Gasteiger charge is -2.01. The van der Waals surface area contributed by atoms with Crippen LogP contribution < -0.4 is 5.32 Å². The van der Waals surface area contributed by atoms with E-state index in [1.807, 2.05) is 11.4 Å². The summed E-state index contributed by atoms with van der Waals surface area (Å²) in [7, 11) is 0. The summed E-state index contributed by atoms with van der Waals surface area (Å²) >= 11 is 2.84. The number of hydrogen-bond donors (Lipinski definition) is 1. The quantitative estimate of drug-likeness (QED) is 0.685. The van der Waals surface area contributed by atoms with Crippen LogP contribution in [0.15, 0.2) is 56.8 Å². The molecule has 3 rings (SSSR count). The Morgan fingerprint density at radius 2 is 2.13 bits per heavy atom. The van der Waals surface area contributed by atoms with Gasteiger partial charge in [0.2, 0.25) is 5.91 Å². The van der Waals surface area contributed by atoms with Crippen LogP contribution in [0.1, 0.15) is 5.76 Å². The average molecular weight is 348 g/mol. The van der Waals surface area contributed by atoms with Crippen LogP contribution in [0, 0.1) is 5.82 Å². The Labute approximate surface area is 140 Å². The van der Waals surface area contributed by atoms with Crippen molar-refractivity contribution in [2.45, 2.75) is 10.9 Å². The Morgan fingerprint density at radius 1 is 1.30 bits per heavy atom. The molecule has 0 unspecified atom stereocenters. The molecule has 7 heteroatoms. The average Bonchev–Trinajstić information content (AvgIpc) is 3.23. The van der Waals surface area contributed by atoms with E-state index in [1.165, 1.54) is 35.2 Å². The number of halogens is 1. The van der Waals surface area contributed by atoms with E-state index in [0.29, 0.717) is 6.54 Å². The standard InChI is InChI=1S/C16H13FN2O2S2/c17-12-5-3-11(4-6-12)14-9-22-16(19-14)23-10-15(20)18-8-13-2-1-7-21-13/h1-7,9H,8,10H2,(H,18,20). The molecular weight excluding hydrogens is 335 g/mol. The van der Waals surface area contributed by atoms with Gasteiger partial charge in [0, 0.05) is 10.9 Å². The van der Waals surface area contributed by atoms with Gasteiger partial charge in [-0.25, -0.2) is 9.37 Å². The molecule has 118 valence electrons. The van der Waals surface area contributed by atoms with Crippen LogP contribution in [0.4, 0.5) is 4.39 Å². The predicted molar refractivity (Wildman–Crippen MR) is 88.8 cm³/mol. The van der Waals surface area contributed by atoms with E-state index >= 15 is 0 Å². The van der Waals surface area contributed by atoms with Gasteiger partial charge in [-0.2, -0.15) is 0 Å². The summed E-state index contributed by atoms with van der Waals surface area (Å²) in [4.78, 5) is 16.2. The third-order valence-electron chi connectivity index (χ3n) is 2.99. The molecule has 0 saturated heterocycles. The van der Waals surface area contributed by atoms with Crippen LogP contribution in [0.2, 0.25) is 0 Å². The first-order valence-corrected chi connectivity index (χ1v) is 8.70. The molecular formula is C16H13FN2O2S2. The number of amides is 1. The number of nitrogens with one attached hydrogen (secondary N) is 1. The number of thioether (sulfide) groups is 1. The van der Waals surface area contributed by atoms with Gasteiger partial charge in [0.25, 0.3) is 0 Å². The zero-order valence-corrected chi connectivity index (χ0v) is 13.6. The smallest absolute Gasteiger partial charge is 0.230 e. The lowest BCUT2D eigenvalue weighted by molar-refractivity contribution is -0.118. The maximum absolute atomic E-state index is 12.9. The summed E-state index contributed by atoms with van der Waals surface area (Å²) < 4.78 is 18.9. The second-order valence-corrected chi connectivity index (χ2v) is 6.73. The fraction of sp³-hybridized carbons (Fsp3) is 0.125. The molecule has 2 heterocycles. The molecule has 0 aliphatic heterocycles. The fourth-order valence-electron chi connectivity index (χ4n) is 1.85. The zero-order chi connectivity index (χ0) is 16.1. The summed E-state index contributed by atoms with van der Waals surface area (Å²) in [5.74, 6) is 0.657. The second kappa shape index (κ2) is 7.43. The van der Waals surface area contributed by atoms with Crippen molar-refractivity contribution >= 4 is 29.0 Å². The molecule has 1 N–H and O–H groups in total. The molecule has 0 aliphatic rings. The number of hydrogen-bond acceptors (Lipinski definition) is 5. The molecule has 2 aromatic heterocycles. The van der Waals surface area contributed by atoms with E-state index in [4.69, 9.17) is 4.42 Å². The van der Waals surface area contributed by atoms with E-state index in [1.54, 1.807) is 24.5 Å². The van der Waals surface area contributed by atoms with Crippen molar-refractivity contribution in [3.63, 3.8) is 0 Å². The van der Waals surface area contributed by atoms with Crippen LogP contribution in [0.5, 0.6) is 0 Å². The highest BCUT2D eigenvalue weighted by molar-refractivity contribution is 8.01. The molecule has 1 aromatic carbocycles. The van der Waals surface area contributed by atoms with Crippen molar-refractivity contribution in [1.82, 2.24) is 10.3 Å². The number of carbonyl (C=O) groups is 1. The van der Waals surface area contributed by atoms with E-state index < -0.39 is 0 Å². The van der Waals surface area contributed by atoms with Gasteiger partial charge < -0.3 is 9.73 Å². The molecule has 0 atom stereocenters. The zero-order valence-electron chi connectivity index (χ0n) is 12.0. The highest BCUT2D eigenvalue weighted by Crippen LogP contribution is 2.28. The molecule has 0 bridgehead atoms. The van der Waals surface area contributed by atoms with E-state index in [9.17, 15) is 9.18 Å². The Hall–Kier alpha value is -2.12. The van der Waals surface area contributed by atoms with Crippen molar-refractivity contribution < 1.29 is 13.6 Å². The Balaban J connectivity index is 1.50. The first-order chi connectivity index (χ1) is 11.2. The lowest BCUT2D eigenvalue weighted by atomic mass is 10.2. The number of aromatic nitrogens is 1. The van der Waals surface area contributed by atoms with Crippen molar-refractivity contribution in [3.8, 4) is 11.3 Å². The molecule has 0 saturated carbocycles. The van der Waals surface area contributed by atoms with Crippen LogP contribution in [0.3, 0.4) is 0 Å². The third-order valence-corrected chi connectivity index (χ3v) is 5.01. The highest BCUT2D eigenvalue weighted by Gasteiger charge is 2.08. The van der Waals surface area contributed by atoms with Gasteiger partial charge in [-0.05, 0) is 36.4 Å². The number of furan rings is 1. The Kier molecular flexibility index (Phi) is 5.09. The number of benzene rings is 1. The largest absolute Gasteiger partial charge is 0.467 e. The molecule has 1 amide bonds. The first-order valence-electron chi connectivity index (χ1n) is 6.84. The topological polar surface area (TPSA) is 55.1 Å². The fourth-order valence-corrected chi connectivity index (χ4v) is 3.52. The van der Waals surface area contributed by atoms with Crippen LogP contribution in [-0.2, 0) is 11.3 Å². The minimum atomic E-state index is -0.271. The molecule has 0 radical (unpaired) electrons. The SMILES string of the molecule is O=C(CSc1nc(-c2ccc(F)cc2)cs1)NCc1ccco1. The third kappa shape index (κ3) is 4.43. The monoisotopic (exact) mass is 348 g/mol. The van der Waals surface area contributed by atoms with Gasteiger partial charge in [0.1, 0.15) is 11.6 Å². The first kappa shape index (κ1) is 15.8. The minimum absolute atomic E-state index is 0.0788. The number of nitrogens with zero attached hydrogens (tertiary/aromatic N) is 1. The molecule has 0 aliphatic carbocycles. The number of carbonyl (C=O) groups excluding carboxylic acids is 1. The van der Waals surface area contributed by atoms with Crippen molar-refractivity contribution in [2.24, 2.45) is 0 Å². The van der Waals surface area contributed by atoms with Crippen LogP contribution in [0.25, 0.3) is 11.3 Å². The summed E-state index contributed by atoms with van der Waals surface area (Å²) in [6, 6.07) is 9.78. The molecule has 4 nitrogen and oxygen atoms in total. The van der Waals surface area contributed by atoms with Crippen LogP contribution >= 0.6 is 23.1 Å². The summed E-state index contributed by atoms with van der Waals surface area (Å²) in [6.07, 6.45) is 1.57. The molecule has 23 heavy (non-hydrogen) atoms. The van der Waals surface area contributed by atoms with E-state index in [0.717, 1.165) is 21.4 Å².